The van der Waals surface area contributed by atoms with Gasteiger partial charge in [0.15, 0.2) is 0 Å². The van der Waals surface area contributed by atoms with Gasteiger partial charge in [-0.2, -0.15) is 0 Å². The van der Waals surface area contributed by atoms with Crippen molar-refractivity contribution in [3.63, 3.8) is 0 Å². The van der Waals surface area contributed by atoms with Crippen molar-refractivity contribution in [1.29, 1.82) is 0 Å². The van der Waals surface area contributed by atoms with Gasteiger partial charge < -0.3 is 44.5 Å². The van der Waals surface area contributed by atoms with E-state index in [1.54, 1.807) is 0 Å². The summed E-state index contributed by atoms with van der Waals surface area (Å²) in [5.41, 5.74) is -3.03. The Kier molecular flexibility index (Phi) is 16.8. The quantitative estimate of drug-likeness (QED) is 0.0887. The van der Waals surface area contributed by atoms with Gasteiger partial charge in [0, 0.05) is 18.2 Å². The topological polar surface area (TPSA) is 223 Å². The first-order valence-corrected chi connectivity index (χ1v) is 11.7. The van der Waals surface area contributed by atoms with E-state index in [-0.39, 0.29) is 44.2 Å². The van der Waals surface area contributed by atoms with Crippen LogP contribution in [0.2, 0.25) is 0 Å². The zero-order valence-electron chi connectivity index (χ0n) is 22.2. The lowest BCUT2D eigenvalue weighted by Gasteiger charge is -2.33. The lowest BCUT2D eigenvalue weighted by molar-refractivity contribution is -0.159. The van der Waals surface area contributed by atoms with Gasteiger partial charge in [0.25, 0.3) is 0 Å². The van der Waals surface area contributed by atoms with Gasteiger partial charge in [-0.15, -0.1) is 0 Å². The number of aliphatic hydroxyl groups is 3. The molecule has 1 rings (SSSR count). The van der Waals surface area contributed by atoms with Gasteiger partial charge in [0.05, 0.1) is 55.0 Å². The van der Waals surface area contributed by atoms with Crippen LogP contribution >= 0.6 is 0 Å². The number of aromatic carboxylic acids is 2. The molecule has 0 atom stereocenters. The maximum Gasteiger partial charge on any atom is 0.336 e. The van der Waals surface area contributed by atoms with Crippen LogP contribution in [0.4, 0.5) is 0 Å². The molecular formula is C27H34O14. The lowest BCUT2D eigenvalue weighted by atomic mass is 9.90. The first-order valence-electron chi connectivity index (χ1n) is 11.7. The van der Waals surface area contributed by atoms with Crippen molar-refractivity contribution in [2.45, 2.75) is 0 Å². The van der Waals surface area contributed by atoms with E-state index < -0.39 is 60.5 Å². The molecule has 0 aliphatic heterocycles. The minimum Gasteiger partial charge on any atom is -0.478 e. The van der Waals surface area contributed by atoms with Crippen LogP contribution in [-0.4, -0.2) is 108 Å². The Labute approximate surface area is 235 Å². The van der Waals surface area contributed by atoms with E-state index in [2.05, 4.69) is 19.7 Å². The lowest BCUT2D eigenvalue weighted by Crippen LogP contribution is -2.45. The molecule has 5 N–H and O–H groups in total. The number of carboxylic acids is 2. The van der Waals surface area contributed by atoms with Crippen molar-refractivity contribution in [3.8, 4) is 0 Å². The van der Waals surface area contributed by atoms with Crippen molar-refractivity contribution < 1.29 is 68.5 Å². The fraction of sp³-hybridized carbons (Fsp3) is 0.370. The number of hydrogen-bond acceptors (Lipinski definition) is 12. The third-order valence-electron chi connectivity index (χ3n) is 5.27. The van der Waals surface area contributed by atoms with Crippen LogP contribution < -0.4 is 0 Å². The fourth-order valence-corrected chi connectivity index (χ4v) is 2.73. The monoisotopic (exact) mass is 582 g/mol. The predicted molar refractivity (Wildman–Crippen MR) is 141 cm³/mol. The number of benzene rings is 1. The van der Waals surface area contributed by atoms with E-state index >= 15 is 0 Å². The average molecular weight is 583 g/mol. The molecular weight excluding hydrogens is 548 g/mol. The van der Waals surface area contributed by atoms with Crippen molar-refractivity contribution in [3.05, 3.63) is 73.4 Å². The third-order valence-corrected chi connectivity index (χ3v) is 5.27. The Morgan fingerprint density at radius 3 is 1.22 bits per heavy atom. The maximum atomic E-state index is 11.4. The molecule has 0 bridgehead atoms. The minimum atomic E-state index is -1.33. The van der Waals surface area contributed by atoms with E-state index in [0.29, 0.717) is 0 Å². The highest BCUT2D eigenvalue weighted by Crippen LogP contribution is 2.23. The number of esters is 3. The van der Waals surface area contributed by atoms with Gasteiger partial charge in [-0.3, -0.25) is 0 Å². The number of ether oxygens (including phenoxy) is 4. The van der Waals surface area contributed by atoms with E-state index in [9.17, 15) is 39.3 Å². The van der Waals surface area contributed by atoms with Crippen LogP contribution in [0.25, 0.3) is 0 Å². The van der Waals surface area contributed by atoms with Gasteiger partial charge in [-0.25, -0.2) is 24.0 Å². The van der Waals surface area contributed by atoms with Gasteiger partial charge in [0.1, 0.15) is 19.8 Å². The number of hydrogen-bond donors (Lipinski definition) is 5. The molecule has 0 heterocycles. The number of carbonyl (C=O) groups is 5. The second-order valence-electron chi connectivity index (χ2n) is 8.56. The molecule has 1 aromatic carbocycles. The SMILES string of the molecule is C=CC(=O)OCC(CO)(CO)COCC(CO)(COC(=O)C=C)COC(=O)C=C.O=C(O)c1ccccc1C(=O)O. The maximum absolute atomic E-state index is 11.4. The van der Waals surface area contributed by atoms with Crippen molar-refractivity contribution in [1.82, 2.24) is 0 Å². The summed E-state index contributed by atoms with van der Waals surface area (Å²) in [6.45, 7) is 6.39. The van der Waals surface area contributed by atoms with Crippen LogP contribution in [0.5, 0.6) is 0 Å². The molecule has 41 heavy (non-hydrogen) atoms. The second-order valence-corrected chi connectivity index (χ2v) is 8.56. The number of carbonyl (C=O) groups excluding carboxylic acids is 3. The van der Waals surface area contributed by atoms with Crippen LogP contribution in [0.15, 0.2) is 62.2 Å². The van der Waals surface area contributed by atoms with Crippen LogP contribution in [0.3, 0.4) is 0 Å². The van der Waals surface area contributed by atoms with E-state index in [4.69, 9.17) is 29.2 Å². The minimum absolute atomic E-state index is 0.190. The molecule has 14 heteroatoms. The largest absolute Gasteiger partial charge is 0.478 e. The Morgan fingerprint density at radius 2 is 0.927 bits per heavy atom. The zero-order valence-corrected chi connectivity index (χ0v) is 22.2. The first kappa shape index (κ1) is 36.6. The predicted octanol–water partition coefficient (Wildman–Crippen LogP) is 0.223. The van der Waals surface area contributed by atoms with Crippen LogP contribution in [0, 0.1) is 10.8 Å². The molecule has 0 aromatic heterocycles. The molecule has 0 aliphatic carbocycles. The van der Waals surface area contributed by atoms with Gasteiger partial charge in [0.2, 0.25) is 0 Å². The van der Waals surface area contributed by atoms with Gasteiger partial charge in [-0.05, 0) is 12.1 Å². The summed E-state index contributed by atoms with van der Waals surface area (Å²) in [5, 5.41) is 46.1. The van der Waals surface area contributed by atoms with Gasteiger partial charge >= 0.3 is 29.8 Å². The summed E-state index contributed by atoms with van der Waals surface area (Å²) in [6.07, 6.45) is 2.78. The Hall–Kier alpha value is -4.37. The van der Waals surface area contributed by atoms with Crippen molar-refractivity contribution >= 4 is 29.8 Å². The molecule has 0 aliphatic rings. The van der Waals surface area contributed by atoms with E-state index in [1.807, 2.05) is 0 Å². The summed E-state index contributed by atoms with van der Waals surface area (Å²) in [7, 11) is 0. The summed E-state index contributed by atoms with van der Waals surface area (Å²) in [6, 6.07) is 5.48. The molecule has 0 spiro atoms. The molecule has 0 unspecified atom stereocenters. The Bertz CT molecular complexity index is 1020. The number of rotatable bonds is 18. The van der Waals surface area contributed by atoms with E-state index in [1.165, 1.54) is 24.3 Å². The van der Waals surface area contributed by atoms with Crippen LogP contribution in [0.1, 0.15) is 20.7 Å². The third kappa shape index (κ3) is 13.0. The van der Waals surface area contributed by atoms with Crippen molar-refractivity contribution in [2.75, 3.05) is 52.9 Å². The standard InChI is InChI=1S/C19H28O10.C8H6O4/c1-4-15(23)27-12-18(7-20,8-21)10-26-11-19(9-22,13-28-16(24)5-2)14-29-17(25)6-3;9-7(10)5-3-1-2-4-6(5)8(11)12/h4-6,20-22H,1-3,7-14H2;1-4H,(H,9,10)(H,11,12). The first-order chi connectivity index (χ1) is 19.4. The summed E-state index contributed by atoms with van der Waals surface area (Å²) in [5.74, 6) is -4.71. The summed E-state index contributed by atoms with van der Waals surface area (Å²) < 4.78 is 20.3. The molecule has 0 saturated carbocycles. The molecule has 0 radical (unpaired) electrons. The molecule has 1 aromatic rings. The summed E-state index contributed by atoms with van der Waals surface area (Å²) >= 11 is 0. The molecule has 0 fully saturated rings. The average Bonchev–Trinajstić information content (AvgIpc) is 2.99. The Balaban J connectivity index is 0.00000110. The van der Waals surface area contributed by atoms with E-state index in [0.717, 1.165) is 18.2 Å². The fourth-order valence-electron chi connectivity index (χ4n) is 2.73. The molecule has 0 amide bonds. The zero-order chi connectivity index (χ0) is 31.5. The highest BCUT2D eigenvalue weighted by Gasteiger charge is 2.37. The smallest absolute Gasteiger partial charge is 0.336 e. The summed E-state index contributed by atoms with van der Waals surface area (Å²) in [4.78, 5) is 54.9. The number of aliphatic hydroxyl groups excluding tert-OH is 3. The highest BCUT2D eigenvalue weighted by molar-refractivity contribution is 6.01. The molecule has 0 saturated heterocycles. The van der Waals surface area contributed by atoms with Crippen molar-refractivity contribution in [2.24, 2.45) is 10.8 Å². The van der Waals surface area contributed by atoms with Crippen LogP contribution in [-0.2, 0) is 33.3 Å². The number of carboxylic acid groups (broad SMARTS) is 2. The second kappa shape index (κ2) is 18.8. The Morgan fingerprint density at radius 1 is 0.610 bits per heavy atom. The highest BCUT2D eigenvalue weighted by atomic mass is 16.6. The van der Waals surface area contributed by atoms with Gasteiger partial charge in [-0.1, -0.05) is 31.9 Å². The molecule has 14 nitrogen and oxygen atoms in total. The molecule has 226 valence electrons. The normalized spacial score (nSPS) is 10.7.